The van der Waals surface area contributed by atoms with Crippen LogP contribution in [0.25, 0.3) is 11.0 Å². The first-order valence-corrected chi connectivity index (χ1v) is 6.23. The van der Waals surface area contributed by atoms with Gasteiger partial charge in [-0.1, -0.05) is 19.9 Å². The van der Waals surface area contributed by atoms with Crippen molar-refractivity contribution in [2.24, 2.45) is 7.05 Å². The number of nitrogens with one attached hydrogen (secondary N) is 1. The number of hydrogen-bond acceptors (Lipinski definition) is 3. The minimum absolute atomic E-state index is 0.447. The quantitative estimate of drug-likeness (QED) is 0.841. The van der Waals surface area contributed by atoms with Gasteiger partial charge in [0, 0.05) is 19.0 Å². The first-order chi connectivity index (χ1) is 8.54. The first kappa shape index (κ1) is 12.6. The van der Waals surface area contributed by atoms with Gasteiger partial charge >= 0.3 is 0 Å². The molecule has 2 rings (SSSR count). The highest BCUT2D eigenvalue weighted by molar-refractivity contribution is 5.84. The molecule has 0 bridgehead atoms. The SMILES string of the molecule is C=CCNc1cc(C(C)C)c2c(C)nn(C)c2n1. The van der Waals surface area contributed by atoms with Gasteiger partial charge in [0.15, 0.2) is 5.65 Å². The molecule has 4 heteroatoms. The number of anilines is 1. The number of nitrogens with zero attached hydrogens (tertiary/aromatic N) is 3. The summed E-state index contributed by atoms with van der Waals surface area (Å²) in [6.07, 6.45) is 1.83. The number of pyridine rings is 1. The Morgan fingerprint density at radius 3 is 2.83 bits per heavy atom. The van der Waals surface area contributed by atoms with Crippen LogP contribution in [0.1, 0.15) is 31.0 Å². The number of fused-ring (bicyclic) bond motifs is 1. The van der Waals surface area contributed by atoms with Gasteiger partial charge in [-0.2, -0.15) is 5.10 Å². The molecule has 2 aromatic rings. The van der Waals surface area contributed by atoms with Crippen LogP contribution in [-0.4, -0.2) is 21.3 Å². The second-order valence-electron chi connectivity index (χ2n) is 4.83. The monoisotopic (exact) mass is 244 g/mol. The molecule has 0 aliphatic heterocycles. The van der Waals surface area contributed by atoms with Crippen molar-refractivity contribution in [1.82, 2.24) is 14.8 Å². The molecule has 0 amide bonds. The van der Waals surface area contributed by atoms with E-state index in [2.05, 4.69) is 41.9 Å². The Kier molecular flexibility index (Phi) is 3.36. The summed E-state index contributed by atoms with van der Waals surface area (Å²) in [5, 5.41) is 8.89. The van der Waals surface area contributed by atoms with Crippen molar-refractivity contribution in [2.45, 2.75) is 26.7 Å². The summed E-state index contributed by atoms with van der Waals surface area (Å²) >= 11 is 0. The maximum atomic E-state index is 4.62. The zero-order valence-corrected chi connectivity index (χ0v) is 11.5. The van der Waals surface area contributed by atoms with Gasteiger partial charge in [0.05, 0.1) is 5.69 Å². The molecule has 18 heavy (non-hydrogen) atoms. The lowest BCUT2D eigenvalue weighted by atomic mass is 10.00. The Hall–Kier alpha value is -1.84. The van der Waals surface area contributed by atoms with Crippen LogP contribution in [0, 0.1) is 6.92 Å². The summed E-state index contributed by atoms with van der Waals surface area (Å²) in [6, 6.07) is 2.12. The predicted octanol–water partition coefficient (Wildman–Crippen LogP) is 3.00. The molecule has 0 unspecified atom stereocenters. The molecule has 0 saturated heterocycles. The Bertz CT molecular complexity index is 581. The van der Waals surface area contributed by atoms with Crippen LogP contribution in [0.4, 0.5) is 5.82 Å². The van der Waals surface area contributed by atoms with E-state index < -0.39 is 0 Å². The highest BCUT2D eigenvalue weighted by atomic mass is 15.3. The Morgan fingerprint density at radius 1 is 1.50 bits per heavy atom. The van der Waals surface area contributed by atoms with E-state index in [1.165, 1.54) is 10.9 Å². The van der Waals surface area contributed by atoms with Gasteiger partial charge < -0.3 is 5.32 Å². The van der Waals surface area contributed by atoms with Gasteiger partial charge in [-0.05, 0) is 24.5 Å². The number of aromatic nitrogens is 3. The molecule has 0 aliphatic carbocycles. The third kappa shape index (κ3) is 2.10. The number of aryl methyl sites for hydroxylation is 2. The van der Waals surface area contributed by atoms with Crippen LogP contribution in [0.3, 0.4) is 0 Å². The van der Waals surface area contributed by atoms with Crippen LogP contribution < -0.4 is 5.32 Å². The summed E-state index contributed by atoms with van der Waals surface area (Å²) in [7, 11) is 1.93. The lowest BCUT2D eigenvalue weighted by Crippen LogP contribution is -2.03. The Morgan fingerprint density at radius 2 is 2.22 bits per heavy atom. The summed E-state index contributed by atoms with van der Waals surface area (Å²) in [5.74, 6) is 1.33. The van der Waals surface area contributed by atoms with Crippen molar-refractivity contribution in [3.63, 3.8) is 0 Å². The van der Waals surface area contributed by atoms with Crippen molar-refractivity contribution < 1.29 is 0 Å². The molecular weight excluding hydrogens is 224 g/mol. The molecule has 0 fully saturated rings. The zero-order valence-electron chi connectivity index (χ0n) is 11.5. The lowest BCUT2D eigenvalue weighted by molar-refractivity contribution is 0.774. The van der Waals surface area contributed by atoms with Crippen molar-refractivity contribution >= 4 is 16.9 Å². The maximum absolute atomic E-state index is 4.62. The second kappa shape index (κ2) is 4.80. The smallest absolute Gasteiger partial charge is 0.160 e. The van der Waals surface area contributed by atoms with Gasteiger partial charge in [-0.3, -0.25) is 4.68 Å². The maximum Gasteiger partial charge on any atom is 0.160 e. The lowest BCUT2D eigenvalue weighted by Gasteiger charge is -2.11. The van der Waals surface area contributed by atoms with Gasteiger partial charge in [0.1, 0.15) is 5.82 Å². The molecule has 0 saturated carbocycles. The number of rotatable bonds is 4. The predicted molar refractivity (Wildman–Crippen MR) is 76.0 cm³/mol. The largest absolute Gasteiger partial charge is 0.367 e. The molecule has 4 nitrogen and oxygen atoms in total. The van der Waals surface area contributed by atoms with Crippen molar-refractivity contribution in [2.75, 3.05) is 11.9 Å². The molecule has 0 radical (unpaired) electrons. The third-order valence-electron chi connectivity index (χ3n) is 3.05. The molecule has 1 N–H and O–H groups in total. The van der Waals surface area contributed by atoms with Crippen LogP contribution in [0.5, 0.6) is 0 Å². The minimum Gasteiger partial charge on any atom is -0.367 e. The Balaban J connectivity index is 2.64. The summed E-state index contributed by atoms with van der Waals surface area (Å²) in [6.45, 7) is 10.8. The van der Waals surface area contributed by atoms with E-state index in [4.69, 9.17) is 0 Å². The van der Waals surface area contributed by atoms with E-state index in [-0.39, 0.29) is 0 Å². The Labute approximate surface area is 108 Å². The average molecular weight is 244 g/mol. The van der Waals surface area contributed by atoms with E-state index in [1.807, 2.05) is 24.7 Å². The highest BCUT2D eigenvalue weighted by Crippen LogP contribution is 2.28. The average Bonchev–Trinajstić information content (AvgIpc) is 2.61. The zero-order chi connectivity index (χ0) is 13.3. The van der Waals surface area contributed by atoms with E-state index in [9.17, 15) is 0 Å². The summed E-state index contributed by atoms with van der Waals surface area (Å²) in [5.41, 5.74) is 3.27. The third-order valence-corrected chi connectivity index (χ3v) is 3.05. The normalized spacial score (nSPS) is 11.2. The fraction of sp³-hybridized carbons (Fsp3) is 0.429. The molecule has 0 aliphatic rings. The molecule has 2 aromatic heterocycles. The molecular formula is C14H20N4. The second-order valence-corrected chi connectivity index (χ2v) is 4.83. The summed E-state index contributed by atoms with van der Waals surface area (Å²) < 4.78 is 1.84. The van der Waals surface area contributed by atoms with Crippen molar-refractivity contribution in [3.8, 4) is 0 Å². The fourth-order valence-corrected chi connectivity index (χ4v) is 2.20. The minimum atomic E-state index is 0.447. The summed E-state index contributed by atoms with van der Waals surface area (Å²) in [4.78, 5) is 4.62. The van der Waals surface area contributed by atoms with Crippen molar-refractivity contribution in [3.05, 3.63) is 30.0 Å². The van der Waals surface area contributed by atoms with E-state index in [0.717, 1.165) is 17.2 Å². The first-order valence-electron chi connectivity index (χ1n) is 6.23. The van der Waals surface area contributed by atoms with Crippen LogP contribution in [-0.2, 0) is 7.05 Å². The standard InChI is InChI=1S/C14H20N4/c1-6-7-15-12-8-11(9(2)3)13-10(4)17-18(5)14(13)16-12/h6,8-9H,1,7H2,2-5H3,(H,15,16). The van der Waals surface area contributed by atoms with Crippen molar-refractivity contribution in [1.29, 1.82) is 0 Å². The molecule has 0 atom stereocenters. The molecule has 0 spiro atoms. The van der Waals surface area contributed by atoms with E-state index in [1.54, 1.807) is 0 Å². The van der Waals surface area contributed by atoms with Crippen LogP contribution >= 0.6 is 0 Å². The molecule has 2 heterocycles. The fourth-order valence-electron chi connectivity index (χ4n) is 2.20. The number of hydrogen-bond donors (Lipinski definition) is 1. The van der Waals surface area contributed by atoms with Gasteiger partial charge in [0.25, 0.3) is 0 Å². The van der Waals surface area contributed by atoms with Gasteiger partial charge in [0.2, 0.25) is 0 Å². The van der Waals surface area contributed by atoms with Gasteiger partial charge in [-0.25, -0.2) is 4.98 Å². The molecule has 0 aromatic carbocycles. The highest BCUT2D eigenvalue weighted by Gasteiger charge is 2.15. The van der Waals surface area contributed by atoms with Gasteiger partial charge in [-0.15, -0.1) is 6.58 Å². The topological polar surface area (TPSA) is 42.7 Å². The van der Waals surface area contributed by atoms with E-state index >= 15 is 0 Å². The molecule has 96 valence electrons. The van der Waals surface area contributed by atoms with E-state index in [0.29, 0.717) is 12.5 Å². The van der Waals surface area contributed by atoms with Crippen LogP contribution in [0.15, 0.2) is 18.7 Å². The van der Waals surface area contributed by atoms with Crippen LogP contribution in [0.2, 0.25) is 0 Å².